The first-order valence-electron chi connectivity index (χ1n) is 7.64. The van der Waals surface area contributed by atoms with Gasteiger partial charge in [-0.05, 0) is 36.4 Å². The molecule has 0 heterocycles. The van der Waals surface area contributed by atoms with Crippen molar-refractivity contribution < 1.29 is 32.2 Å². The van der Waals surface area contributed by atoms with E-state index in [1.807, 2.05) is 0 Å². The SMILES string of the molecule is O=C(CNc1ccc(OCCO)cc1C(F)(F)F)Nc1ccc(F)cc1Cl. The lowest BCUT2D eigenvalue weighted by Gasteiger charge is -2.16. The average molecular weight is 407 g/mol. The van der Waals surface area contributed by atoms with Gasteiger partial charge >= 0.3 is 6.18 Å². The van der Waals surface area contributed by atoms with E-state index >= 15 is 0 Å². The van der Waals surface area contributed by atoms with Crippen LogP contribution in [-0.4, -0.2) is 30.8 Å². The number of benzene rings is 2. The van der Waals surface area contributed by atoms with Gasteiger partial charge < -0.3 is 20.5 Å². The van der Waals surface area contributed by atoms with Crippen molar-refractivity contribution in [3.63, 3.8) is 0 Å². The van der Waals surface area contributed by atoms with Gasteiger partial charge in [-0.15, -0.1) is 0 Å². The number of aliphatic hydroxyl groups excluding tert-OH is 1. The summed E-state index contributed by atoms with van der Waals surface area (Å²) in [7, 11) is 0. The Kier molecular flexibility index (Phi) is 6.86. The Morgan fingerprint density at radius 3 is 2.48 bits per heavy atom. The number of nitrogens with one attached hydrogen (secondary N) is 2. The number of hydrogen-bond donors (Lipinski definition) is 3. The fraction of sp³-hybridized carbons (Fsp3) is 0.235. The summed E-state index contributed by atoms with van der Waals surface area (Å²) in [4.78, 5) is 11.9. The molecule has 2 aromatic rings. The van der Waals surface area contributed by atoms with Crippen LogP contribution in [0.25, 0.3) is 0 Å². The maximum atomic E-state index is 13.2. The maximum Gasteiger partial charge on any atom is 0.418 e. The molecule has 0 aliphatic rings. The molecule has 5 nitrogen and oxygen atoms in total. The van der Waals surface area contributed by atoms with Gasteiger partial charge in [0.25, 0.3) is 0 Å². The third-order valence-electron chi connectivity index (χ3n) is 3.30. The molecule has 3 N–H and O–H groups in total. The second kappa shape index (κ2) is 8.92. The molecule has 2 rings (SSSR count). The first kappa shape index (κ1) is 20.8. The van der Waals surface area contributed by atoms with Crippen molar-refractivity contribution in [2.75, 3.05) is 30.4 Å². The van der Waals surface area contributed by atoms with Gasteiger partial charge in [0.05, 0.1) is 29.4 Å². The standard InChI is InChI=1S/C17H15ClF4N2O3/c18-13-7-10(19)1-3-15(13)24-16(26)9-23-14-4-2-11(27-6-5-25)8-12(14)17(20,21)22/h1-4,7-8,23,25H,5-6,9H2,(H,24,26). The fourth-order valence-electron chi connectivity index (χ4n) is 2.13. The Labute approximate surface area is 156 Å². The van der Waals surface area contributed by atoms with Gasteiger partial charge in [0.15, 0.2) is 0 Å². The maximum absolute atomic E-state index is 13.2. The Bertz CT molecular complexity index is 815. The Balaban J connectivity index is 2.08. The third-order valence-corrected chi connectivity index (χ3v) is 3.61. The molecule has 0 saturated heterocycles. The topological polar surface area (TPSA) is 70.6 Å². The molecule has 0 fully saturated rings. The normalized spacial score (nSPS) is 11.2. The summed E-state index contributed by atoms with van der Waals surface area (Å²) in [5.41, 5.74) is -1.21. The highest BCUT2D eigenvalue weighted by Crippen LogP contribution is 2.37. The van der Waals surface area contributed by atoms with Crippen LogP contribution in [0, 0.1) is 5.82 Å². The van der Waals surface area contributed by atoms with E-state index in [1.165, 1.54) is 12.1 Å². The molecule has 0 spiro atoms. The van der Waals surface area contributed by atoms with Gasteiger partial charge in [0.2, 0.25) is 5.91 Å². The number of halogens is 5. The van der Waals surface area contributed by atoms with Crippen LogP contribution in [0.15, 0.2) is 36.4 Å². The minimum absolute atomic E-state index is 0.0373. The third kappa shape index (κ3) is 6.00. The Morgan fingerprint density at radius 2 is 1.85 bits per heavy atom. The summed E-state index contributed by atoms with van der Waals surface area (Å²) in [6, 6.07) is 6.49. The molecule has 0 bridgehead atoms. The number of carbonyl (C=O) groups excluding carboxylic acids is 1. The van der Waals surface area contributed by atoms with Crippen LogP contribution < -0.4 is 15.4 Å². The zero-order valence-corrected chi connectivity index (χ0v) is 14.5. The van der Waals surface area contributed by atoms with Gasteiger partial charge in [-0.1, -0.05) is 11.6 Å². The second-order valence-corrected chi connectivity index (χ2v) is 5.71. The molecule has 0 radical (unpaired) electrons. The van der Waals surface area contributed by atoms with Crippen molar-refractivity contribution in [1.29, 1.82) is 0 Å². The summed E-state index contributed by atoms with van der Waals surface area (Å²) >= 11 is 5.78. The molecule has 0 unspecified atom stereocenters. The molecule has 0 aromatic heterocycles. The zero-order valence-electron chi connectivity index (χ0n) is 13.7. The van der Waals surface area contributed by atoms with E-state index < -0.39 is 30.0 Å². The molecule has 2 aromatic carbocycles. The minimum Gasteiger partial charge on any atom is -0.491 e. The van der Waals surface area contributed by atoms with E-state index in [4.69, 9.17) is 21.4 Å². The predicted molar refractivity (Wildman–Crippen MR) is 92.6 cm³/mol. The first-order valence-corrected chi connectivity index (χ1v) is 8.02. The molecule has 27 heavy (non-hydrogen) atoms. The van der Waals surface area contributed by atoms with E-state index in [-0.39, 0.29) is 35.4 Å². The second-order valence-electron chi connectivity index (χ2n) is 5.30. The summed E-state index contributed by atoms with van der Waals surface area (Å²) in [5.74, 6) is -1.32. The fourth-order valence-corrected chi connectivity index (χ4v) is 2.34. The highest BCUT2D eigenvalue weighted by atomic mass is 35.5. The predicted octanol–water partition coefficient (Wildman–Crippen LogP) is 3.92. The first-order chi connectivity index (χ1) is 12.7. The highest BCUT2D eigenvalue weighted by Gasteiger charge is 2.34. The molecule has 1 amide bonds. The van der Waals surface area contributed by atoms with Crippen LogP contribution in [-0.2, 0) is 11.0 Å². The van der Waals surface area contributed by atoms with E-state index in [9.17, 15) is 22.4 Å². The Hall–Kier alpha value is -2.52. The van der Waals surface area contributed by atoms with Crippen molar-refractivity contribution in [3.05, 3.63) is 52.8 Å². The van der Waals surface area contributed by atoms with Gasteiger partial charge in [-0.2, -0.15) is 13.2 Å². The van der Waals surface area contributed by atoms with Crippen LogP contribution in [0.2, 0.25) is 5.02 Å². The molecule has 146 valence electrons. The van der Waals surface area contributed by atoms with Crippen LogP contribution >= 0.6 is 11.6 Å². The van der Waals surface area contributed by atoms with Crippen molar-refractivity contribution in [2.45, 2.75) is 6.18 Å². The quantitative estimate of drug-likeness (QED) is 0.610. The molecule has 0 aliphatic heterocycles. The zero-order chi connectivity index (χ0) is 20.0. The van der Waals surface area contributed by atoms with E-state index in [0.29, 0.717) is 0 Å². The van der Waals surface area contributed by atoms with Crippen molar-refractivity contribution in [3.8, 4) is 5.75 Å². The van der Waals surface area contributed by atoms with E-state index in [2.05, 4.69) is 10.6 Å². The van der Waals surface area contributed by atoms with Crippen LogP contribution in [0.5, 0.6) is 5.75 Å². The van der Waals surface area contributed by atoms with Gasteiger partial charge in [-0.25, -0.2) is 4.39 Å². The number of ether oxygens (including phenoxy) is 1. The summed E-state index contributed by atoms with van der Waals surface area (Å²) in [6.45, 7) is -0.966. The number of amides is 1. The lowest BCUT2D eigenvalue weighted by atomic mass is 10.1. The molecule has 0 atom stereocenters. The lowest BCUT2D eigenvalue weighted by Crippen LogP contribution is -2.23. The number of rotatable bonds is 7. The molecule has 0 saturated carbocycles. The number of carbonyl (C=O) groups is 1. The monoisotopic (exact) mass is 406 g/mol. The Morgan fingerprint density at radius 1 is 1.15 bits per heavy atom. The summed E-state index contributed by atoms with van der Waals surface area (Å²) < 4.78 is 57.6. The van der Waals surface area contributed by atoms with Gasteiger partial charge in [-0.3, -0.25) is 4.79 Å². The van der Waals surface area contributed by atoms with Crippen LogP contribution in [0.3, 0.4) is 0 Å². The van der Waals surface area contributed by atoms with Crippen LogP contribution in [0.4, 0.5) is 28.9 Å². The lowest BCUT2D eigenvalue weighted by molar-refractivity contribution is -0.137. The number of aliphatic hydroxyl groups is 1. The smallest absolute Gasteiger partial charge is 0.418 e. The molecule has 0 aliphatic carbocycles. The summed E-state index contributed by atoms with van der Waals surface area (Å²) in [5, 5.41) is 13.4. The van der Waals surface area contributed by atoms with E-state index in [0.717, 1.165) is 24.3 Å². The highest BCUT2D eigenvalue weighted by molar-refractivity contribution is 6.33. The number of alkyl halides is 3. The molecular formula is C17H15ClF4N2O3. The van der Waals surface area contributed by atoms with Crippen molar-refractivity contribution >= 4 is 28.9 Å². The number of anilines is 2. The number of hydrogen-bond acceptors (Lipinski definition) is 4. The molecule has 10 heteroatoms. The van der Waals surface area contributed by atoms with Crippen LogP contribution in [0.1, 0.15) is 5.56 Å². The summed E-state index contributed by atoms with van der Waals surface area (Å²) in [6.07, 6.45) is -4.68. The molecular weight excluding hydrogens is 392 g/mol. The van der Waals surface area contributed by atoms with E-state index in [1.54, 1.807) is 0 Å². The van der Waals surface area contributed by atoms with Crippen molar-refractivity contribution in [1.82, 2.24) is 0 Å². The van der Waals surface area contributed by atoms with Gasteiger partial charge in [0, 0.05) is 5.69 Å². The largest absolute Gasteiger partial charge is 0.491 e. The van der Waals surface area contributed by atoms with Gasteiger partial charge in [0.1, 0.15) is 18.2 Å². The van der Waals surface area contributed by atoms with Crippen molar-refractivity contribution in [2.24, 2.45) is 0 Å². The minimum atomic E-state index is -4.68. The average Bonchev–Trinajstić information content (AvgIpc) is 2.60.